The Labute approximate surface area is 131 Å². The minimum atomic E-state index is 0.0305. The van der Waals surface area contributed by atoms with Crippen molar-refractivity contribution in [3.8, 4) is 11.1 Å². The van der Waals surface area contributed by atoms with Crippen LogP contribution in [0.3, 0.4) is 0 Å². The van der Waals surface area contributed by atoms with E-state index in [1.54, 1.807) is 0 Å². The Hall–Kier alpha value is -2.13. The summed E-state index contributed by atoms with van der Waals surface area (Å²) < 4.78 is 0. The van der Waals surface area contributed by atoms with Crippen LogP contribution in [0.25, 0.3) is 11.1 Å². The molecule has 1 N–H and O–H groups in total. The molecule has 1 amide bonds. The number of fused-ring (bicyclic) bond motifs is 1. The van der Waals surface area contributed by atoms with Gasteiger partial charge in [0, 0.05) is 13.1 Å². The predicted molar refractivity (Wildman–Crippen MR) is 87.2 cm³/mol. The molecule has 0 bridgehead atoms. The van der Waals surface area contributed by atoms with Crippen molar-refractivity contribution < 1.29 is 4.79 Å². The second kappa shape index (κ2) is 5.58. The van der Waals surface area contributed by atoms with Gasteiger partial charge in [-0.25, -0.2) is 0 Å². The van der Waals surface area contributed by atoms with Crippen LogP contribution in [0.15, 0.2) is 48.5 Å². The lowest BCUT2D eigenvalue weighted by atomic mass is 10.0. The zero-order valence-corrected chi connectivity index (χ0v) is 12.6. The molecule has 4 rings (SSSR count). The second-order valence-electron chi connectivity index (χ2n) is 6.19. The Balaban J connectivity index is 1.55. The summed E-state index contributed by atoms with van der Waals surface area (Å²) in [5.74, 6) is 0.259. The number of nitrogens with one attached hydrogen (secondary N) is 1. The van der Waals surface area contributed by atoms with Crippen LogP contribution in [0.2, 0.25) is 0 Å². The van der Waals surface area contributed by atoms with E-state index >= 15 is 0 Å². The number of hydrogen-bond donors (Lipinski definition) is 1. The van der Waals surface area contributed by atoms with Crippen LogP contribution in [0.5, 0.6) is 0 Å². The van der Waals surface area contributed by atoms with Crippen molar-refractivity contribution in [2.24, 2.45) is 0 Å². The third-order valence-corrected chi connectivity index (χ3v) is 4.71. The maximum atomic E-state index is 12.5. The molecule has 1 fully saturated rings. The summed E-state index contributed by atoms with van der Waals surface area (Å²) >= 11 is 0. The quantitative estimate of drug-likeness (QED) is 0.923. The lowest BCUT2D eigenvalue weighted by Crippen LogP contribution is -2.40. The smallest absolute Gasteiger partial charge is 0.240 e. The van der Waals surface area contributed by atoms with E-state index in [9.17, 15) is 4.79 Å². The van der Waals surface area contributed by atoms with Crippen molar-refractivity contribution in [2.75, 3.05) is 6.54 Å². The Bertz CT molecular complexity index is 690. The van der Waals surface area contributed by atoms with E-state index in [4.69, 9.17) is 0 Å². The van der Waals surface area contributed by atoms with Crippen LogP contribution in [0.4, 0.5) is 0 Å². The fourth-order valence-corrected chi connectivity index (χ4v) is 3.48. The molecule has 112 valence electrons. The molecule has 2 aromatic rings. The van der Waals surface area contributed by atoms with Crippen LogP contribution < -0.4 is 5.32 Å². The molecule has 2 aromatic carbocycles. The second-order valence-corrected chi connectivity index (χ2v) is 6.19. The van der Waals surface area contributed by atoms with Crippen LogP contribution >= 0.6 is 0 Å². The first-order valence-electron chi connectivity index (χ1n) is 8.01. The summed E-state index contributed by atoms with van der Waals surface area (Å²) in [4.78, 5) is 14.5. The van der Waals surface area contributed by atoms with Crippen LogP contribution in [-0.4, -0.2) is 23.4 Å². The van der Waals surface area contributed by atoms with Gasteiger partial charge in [0.1, 0.15) is 0 Å². The van der Waals surface area contributed by atoms with Crippen molar-refractivity contribution in [3.05, 3.63) is 59.7 Å². The number of benzene rings is 2. The molecule has 2 aliphatic heterocycles. The normalized spacial score (nSPS) is 20.2. The Morgan fingerprint density at radius 3 is 2.59 bits per heavy atom. The number of amides is 1. The topological polar surface area (TPSA) is 32.3 Å². The van der Waals surface area contributed by atoms with E-state index in [0.717, 1.165) is 32.5 Å². The molecule has 22 heavy (non-hydrogen) atoms. The summed E-state index contributed by atoms with van der Waals surface area (Å²) in [7, 11) is 0. The molecular formula is C19H20N2O. The Morgan fingerprint density at radius 2 is 1.82 bits per heavy atom. The summed E-state index contributed by atoms with van der Waals surface area (Å²) in [6, 6.07) is 17.0. The molecule has 1 saturated heterocycles. The van der Waals surface area contributed by atoms with Gasteiger partial charge in [0.05, 0.1) is 6.04 Å². The van der Waals surface area contributed by atoms with Gasteiger partial charge in [-0.2, -0.15) is 0 Å². The van der Waals surface area contributed by atoms with Gasteiger partial charge >= 0.3 is 0 Å². The van der Waals surface area contributed by atoms with E-state index in [2.05, 4.69) is 47.8 Å². The highest BCUT2D eigenvalue weighted by Crippen LogP contribution is 2.29. The molecule has 0 saturated carbocycles. The summed E-state index contributed by atoms with van der Waals surface area (Å²) in [6.45, 7) is 2.46. The van der Waals surface area contributed by atoms with E-state index < -0.39 is 0 Å². The molecule has 2 aliphatic rings. The molecule has 3 nitrogen and oxygen atoms in total. The van der Waals surface area contributed by atoms with Gasteiger partial charge in [0.15, 0.2) is 0 Å². The van der Waals surface area contributed by atoms with Gasteiger partial charge < -0.3 is 10.2 Å². The van der Waals surface area contributed by atoms with Gasteiger partial charge in [-0.15, -0.1) is 0 Å². The minimum Gasteiger partial charge on any atom is -0.333 e. The highest BCUT2D eigenvalue weighted by molar-refractivity contribution is 5.83. The summed E-state index contributed by atoms with van der Waals surface area (Å²) in [5.41, 5.74) is 5.03. The van der Waals surface area contributed by atoms with E-state index in [1.165, 1.54) is 22.3 Å². The highest BCUT2D eigenvalue weighted by atomic mass is 16.2. The van der Waals surface area contributed by atoms with E-state index in [1.807, 2.05) is 11.0 Å². The summed E-state index contributed by atoms with van der Waals surface area (Å²) in [5, 5.41) is 3.31. The molecule has 2 heterocycles. The highest BCUT2D eigenvalue weighted by Gasteiger charge is 2.30. The van der Waals surface area contributed by atoms with E-state index in [0.29, 0.717) is 0 Å². The Morgan fingerprint density at radius 1 is 1.00 bits per heavy atom. The molecule has 1 atom stereocenters. The van der Waals surface area contributed by atoms with Gasteiger partial charge in [0.25, 0.3) is 0 Å². The van der Waals surface area contributed by atoms with Crippen molar-refractivity contribution in [3.63, 3.8) is 0 Å². The Kier molecular flexibility index (Phi) is 3.43. The van der Waals surface area contributed by atoms with Crippen LogP contribution in [0.1, 0.15) is 24.0 Å². The van der Waals surface area contributed by atoms with Crippen molar-refractivity contribution in [1.82, 2.24) is 10.2 Å². The van der Waals surface area contributed by atoms with Gasteiger partial charge in [-0.05, 0) is 47.7 Å². The third-order valence-electron chi connectivity index (χ3n) is 4.71. The monoisotopic (exact) mass is 292 g/mol. The number of hydrogen-bond acceptors (Lipinski definition) is 2. The first kappa shape index (κ1) is 13.5. The van der Waals surface area contributed by atoms with Crippen LogP contribution in [0, 0.1) is 0 Å². The molecule has 3 heteroatoms. The number of rotatable bonds is 2. The largest absolute Gasteiger partial charge is 0.333 e. The summed E-state index contributed by atoms with van der Waals surface area (Å²) in [6.07, 6.45) is 2.08. The fourth-order valence-electron chi connectivity index (χ4n) is 3.48. The van der Waals surface area contributed by atoms with Gasteiger partial charge in [-0.3, -0.25) is 4.79 Å². The zero-order valence-electron chi connectivity index (χ0n) is 12.6. The molecule has 0 radical (unpaired) electrons. The SMILES string of the molecule is O=C([C@@H]1CCCN1)N1Cc2ccc(-c3ccccc3)cc2C1. The first-order chi connectivity index (χ1) is 10.8. The number of nitrogens with zero attached hydrogens (tertiary/aromatic N) is 1. The maximum Gasteiger partial charge on any atom is 0.240 e. The number of carbonyl (C=O) groups excluding carboxylic acids is 1. The van der Waals surface area contributed by atoms with Gasteiger partial charge in [-0.1, -0.05) is 42.5 Å². The van der Waals surface area contributed by atoms with Gasteiger partial charge in [0.2, 0.25) is 5.91 Å². The van der Waals surface area contributed by atoms with Crippen LogP contribution in [-0.2, 0) is 17.9 Å². The van der Waals surface area contributed by atoms with Crippen molar-refractivity contribution >= 4 is 5.91 Å². The lowest BCUT2D eigenvalue weighted by molar-refractivity contribution is -0.133. The molecule has 0 aromatic heterocycles. The number of carbonyl (C=O) groups is 1. The van der Waals surface area contributed by atoms with Crippen molar-refractivity contribution in [2.45, 2.75) is 32.0 Å². The minimum absolute atomic E-state index is 0.0305. The average Bonchev–Trinajstić information content (AvgIpc) is 3.23. The third kappa shape index (κ3) is 2.42. The standard InChI is InChI=1S/C19H20N2O/c22-19(18-7-4-10-20-18)21-12-16-9-8-15(11-17(16)13-21)14-5-2-1-3-6-14/h1-3,5-6,8-9,11,18,20H,4,7,10,12-13H2/t18-/m0/s1. The zero-order chi connectivity index (χ0) is 14.9. The fraction of sp³-hybridized carbons (Fsp3) is 0.316. The molecule has 0 unspecified atom stereocenters. The van der Waals surface area contributed by atoms with E-state index in [-0.39, 0.29) is 11.9 Å². The van der Waals surface area contributed by atoms with Crippen molar-refractivity contribution in [1.29, 1.82) is 0 Å². The lowest BCUT2D eigenvalue weighted by Gasteiger charge is -2.19. The maximum absolute atomic E-state index is 12.5. The molecule has 0 aliphatic carbocycles. The molecule has 0 spiro atoms. The predicted octanol–water partition coefficient (Wildman–Crippen LogP) is 2.95. The average molecular weight is 292 g/mol. The molecular weight excluding hydrogens is 272 g/mol. The first-order valence-corrected chi connectivity index (χ1v) is 8.01.